The molecule has 90 valence electrons. The van der Waals surface area contributed by atoms with Crippen molar-refractivity contribution in [3.63, 3.8) is 0 Å². The number of rotatable bonds is 6. The summed E-state index contributed by atoms with van der Waals surface area (Å²) in [6.07, 6.45) is 3.36. The van der Waals surface area contributed by atoms with Gasteiger partial charge >= 0.3 is 0 Å². The number of hydrogen-bond acceptors (Lipinski definition) is 3. The Morgan fingerprint density at radius 2 is 2.06 bits per heavy atom. The van der Waals surface area contributed by atoms with Crippen LogP contribution < -0.4 is 5.32 Å². The normalized spacial score (nSPS) is 11.8. The zero-order valence-electron chi connectivity index (χ0n) is 10.5. The van der Waals surface area contributed by atoms with Gasteiger partial charge < -0.3 is 10.4 Å². The van der Waals surface area contributed by atoms with Gasteiger partial charge in [0.2, 0.25) is 0 Å². The summed E-state index contributed by atoms with van der Waals surface area (Å²) in [7, 11) is 0. The Morgan fingerprint density at radius 3 is 2.62 bits per heavy atom. The molecule has 1 rings (SSSR count). The highest BCUT2D eigenvalue weighted by Crippen LogP contribution is 2.13. The molecule has 0 fully saturated rings. The number of aliphatic hydroxyl groups is 1. The first-order valence-electron chi connectivity index (χ1n) is 5.95. The van der Waals surface area contributed by atoms with Gasteiger partial charge in [0, 0.05) is 25.0 Å². The van der Waals surface area contributed by atoms with Crippen molar-refractivity contribution in [2.75, 3.05) is 6.54 Å². The highest BCUT2D eigenvalue weighted by molar-refractivity contribution is 5.17. The number of hydrogen-bond donors (Lipinski definition) is 2. The number of aryl methyl sites for hydroxylation is 1. The van der Waals surface area contributed by atoms with E-state index in [1.54, 1.807) is 6.20 Å². The van der Waals surface area contributed by atoms with Gasteiger partial charge in [-0.15, -0.1) is 0 Å². The third-order valence-electron chi connectivity index (χ3n) is 3.20. The van der Waals surface area contributed by atoms with Crippen LogP contribution in [0.2, 0.25) is 0 Å². The minimum absolute atomic E-state index is 0.573. The van der Waals surface area contributed by atoms with Crippen molar-refractivity contribution in [3.8, 4) is 0 Å². The van der Waals surface area contributed by atoms with E-state index in [0.717, 1.165) is 25.1 Å². The molecule has 0 aliphatic carbocycles. The van der Waals surface area contributed by atoms with Gasteiger partial charge in [0.15, 0.2) is 0 Å². The minimum atomic E-state index is -0.573. The lowest BCUT2D eigenvalue weighted by molar-refractivity contribution is 0.0323. The van der Waals surface area contributed by atoms with Crippen LogP contribution in [0.15, 0.2) is 18.3 Å². The Balaban J connectivity index is 2.44. The van der Waals surface area contributed by atoms with Crippen LogP contribution in [0.1, 0.15) is 37.9 Å². The topological polar surface area (TPSA) is 45.1 Å². The first kappa shape index (κ1) is 13.1. The van der Waals surface area contributed by atoms with E-state index >= 15 is 0 Å². The van der Waals surface area contributed by atoms with Crippen LogP contribution in [0.25, 0.3) is 0 Å². The average Bonchev–Trinajstić information content (AvgIpc) is 2.31. The van der Waals surface area contributed by atoms with Crippen molar-refractivity contribution in [2.45, 2.75) is 45.8 Å². The third kappa shape index (κ3) is 3.58. The molecule has 0 unspecified atom stereocenters. The summed E-state index contributed by atoms with van der Waals surface area (Å²) < 4.78 is 0. The number of nitrogens with zero attached hydrogens (tertiary/aromatic N) is 1. The zero-order valence-corrected chi connectivity index (χ0v) is 10.5. The lowest BCUT2D eigenvalue weighted by Gasteiger charge is -2.25. The molecule has 0 aliphatic rings. The zero-order chi connectivity index (χ0) is 12.0. The standard InChI is InChI=1S/C13H22N2O/c1-4-13(16,5-2)10-14-9-12-7-6-8-15-11(12)3/h6-8,14,16H,4-5,9-10H2,1-3H3. The van der Waals surface area contributed by atoms with Crippen LogP contribution in [0.5, 0.6) is 0 Å². The van der Waals surface area contributed by atoms with E-state index in [2.05, 4.69) is 16.4 Å². The van der Waals surface area contributed by atoms with Crippen LogP contribution >= 0.6 is 0 Å². The highest BCUT2D eigenvalue weighted by atomic mass is 16.3. The molecule has 16 heavy (non-hydrogen) atoms. The van der Waals surface area contributed by atoms with Crippen molar-refractivity contribution in [3.05, 3.63) is 29.6 Å². The van der Waals surface area contributed by atoms with Gasteiger partial charge in [0.25, 0.3) is 0 Å². The first-order chi connectivity index (χ1) is 7.61. The quantitative estimate of drug-likeness (QED) is 0.774. The Hall–Kier alpha value is -0.930. The number of aromatic nitrogens is 1. The molecule has 1 heterocycles. The van der Waals surface area contributed by atoms with Gasteiger partial charge in [0.05, 0.1) is 5.60 Å². The first-order valence-corrected chi connectivity index (χ1v) is 5.95. The second-order valence-electron chi connectivity index (χ2n) is 4.28. The molecule has 0 aromatic carbocycles. The van der Waals surface area contributed by atoms with Gasteiger partial charge in [-0.3, -0.25) is 4.98 Å². The fourth-order valence-corrected chi connectivity index (χ4v) is 1.63. The summed E-state index contributed by atoms with van der Waals surface area (Å²) in [5, 5.41) is 13.4. The van der Waals surface area contributed by atoms with E-state index in [1.807, 2.05) is 26.8 Å². The van der Waals surface area contributed by atoms with Crippen molar-refractivity contribution in [2.24, 2.45) is 0 Å². The maximum Gasteiger partial charge on any atom is 0.0766 e. The predicted molar refractivity (Wildman–Crippen MR) is 66.2 cm³/mol. The minimum Gasteiger partial charge on any atom is -0.389 e. The fraction of sp³-hybridized carbons (Fsp3) is 0.615. The molecule has 0 saturated heterocycles. The van der Waals surface area contributed by atoms with Crippen LogP contribution in [-0.4, -0.2) is 22.2 Å². The van der Waals surface area contributed by atoms with E-state index in [0.29, 0.717) is 6.54 Å². The number of pyridine rings is 1. The Labute approximate surface area is 97.9 Å². The summed E-state index contributed by atoms with van der Waals surface area (Å²) in [5.74, 6) is 0. The third-order valence-corrected chi connectivity index (χ3v) is 3.20. The van der Waals surface area contributed by atoms with Gasteiger partial charge in [-0.25, -0.2) is 0 Å². The van der Waals surface area contributed by atoms with Gasteiger partial charge in [-0.05, 0) is 31.4 Å². The monoisotopic (exact) mass is 222 g/mol. The molecule has 0 saturated carbocycles. The summed E-state index contributed by atoms with van der Waals surface area (Å²) in [5.41, 5.74) is 1.67. The lowest BCUT2D eigenvalue weighted by atomic mass is 9.97. The summed E-state index contributed by atoms with van der Waals surface area (Å²) >= 11 is 0. The second kappa shape index (κ2) is 5.97. The molecule has 1 aromatic rings. The number of nitrogens with one attached hydrogen (secondary N) is 1. The molecule has 1 aromatic heterocycles. The van der Waals surface area contributed by atoms with Crippen LogP contribution in [0.3, 0.4) is 0 Å². The van der Waals surface area contributed by atoms with Crippen molar-refractivity contribution >= 4 is 0 Å². The Bertz CT molecular complexity index is 321. The summed E-state index contributed by atoms with van der Waals surface area (Å²) in [6, 6.07) is 4.00. The molecular weight excluding hydrogens is 200 g/mol. The lowest BCUT2D eigenvalue weighted by Crippen LogP contribution is -2.39. The molecule has 0 aliphatic heterocycles. The highest BCUT2D eigenvalue weighted by Gasteiger charge is 2.21. The predicted octanol–water partition coefficient (Wildman–Crippen LogP) is 2.03. The van der Waals surface area contributed by atoms with E-state index < -0.39 is 5.60 Å². The summed E-state index contributed by atoms with van der Waals surface area (Å²) in [6.45, 7) is 7.43. The van der Waals surface area contributed by atoms with Crippen molar-refractivity contribution < 1.29 is 5.11 Å². The smallest absolute Gasteiger partial charge is 0.0766 e. The van der Waals surface area contributed by atoms with Gasteiger partial charge in [-0.1, -0.05) is 19.9 Å². The molecule has 0 spiro atoms. The van der Waals surface area contributed by atoms with Crippen LogP contribution in [0.4, 0.5) is 0 Å². The maximum atomic E-state index is 10.1. The average molecular weight is 222 g/mol. The molecule has 0 amide bonds. The SMILES string of the molecule is CCC(O)(CC)CNCc1cccnc1C. The van der Waals surface area contributed by atoms with Gasteiger partial charge in [-0.2, -0.15) is 0 Å². The van der Waals surface area contributed by atoms with E-state index in [9.17, 15) is 5.11 Å². The van der Waals surface area contributed by atoms with E-state index in [-0.39, 0.29) is 0 Å². The van der Waals surface area contributed by atoms with E-state index in [4.69, 9.17) is 0 Å². The fourth-order valence-electron chi connectivity index (χ4n) is 1.63. The molecule has 2 N–H and O–H groups in total. The Kier molecular flexibility index (Phi) is 4.90. The van der Waals surface area contributed by atoms with Crippen molar-refractivity contribution in [1.82, 2.24) is 10.3 Å². The molecular formula is C13H22N2O. The Morgan fingerprint density at radius 1 is 1.38 bits per heavy atom. The second-order valence-corrected chi connectivity index (χ2v) is 4.28. The molecule has 3 heteroatoms. The summed E-state index contributed by atoms with van der Waals surface area (Å²) in [4.78, 5) is 4.23. The molecule has 0 atom stereocenters. The van der Waals surface area contributed by atoms with Crippen molar-refractivity contribution in [1.29, 1.82) is 0 Å². The van der Waals surface area contributed by atoms with Crippen LogP contribution in [-0.2, 0) is 6.54 Å². The molecule has 3 nitrogen and oxygen atoms in total. The molecule has 0 bridgehead atoms. The van der Waals surface area contributed by atoms with Crippen LogP contribution in [0, 0.1) is 6.92 Å². The molecule has 0 radical (unpaired) electrons. The largest absolute Gasteiger partial charge is 0.389 e. The van der Waals surface area contributed by atoms with Gasteiger partial charge in [0.1, 0.15) is 0 Å². The van der Waals surface area contributed by atoms with E-state index in [1.165, 1.54) is 5.56 Å². The maximum absolute atomic E-state index is 10.1.